The Hall–Kier alpha value is -3.81. The first-order valence-electron chi connectivity index (χ1n) is 18.2. The third-order valence-corrected chi connectivity index (χ3v) is 11.5. The second-order valence-corrected chi connectivity index (χ2v) is 16.1. The molecule has 4 aromatic carbocycles. The van der Waals surface area contributed by atoms with Crippen molar-refractivity contribution < 1.29 is 60.1 Å². The van der Waals surface area contributed by atoms with E-state index in [2.05, 4.69) is 103 Å². The second kappa shape index (κ2) is 18.9. The molecule has 1 aliphatic rings. The molecule has 0 heterocycles. The molecule has 0 N–H and O–H groups in total. The van der Waals surface area contributed by atoms with Crippen LogP contribution in [0, 0.1) is 6.92 Å². The Morgan fingerprint density at radius 1 is 0.673 bits per heavy atom. The summed E-state index contributed by atoms with van der Waals surface area (Å²) >= 11 is 0. The Bertz CT molecular complexity index is 2360. The third kappa shape index (κ3) is 10.7. The van der Waals surface area contributed by atoms with Crippen LogP contribution in [-0.2, 0) is 33.3 Å². The van der Waals surface area contributed by atoms with Crippen molar-refractivity contribution in [2.75, 3.05) is 36.0 Å². The molecule has 0 amide bonds. The van der Waals surface area contributed by atoms with E-state index in [1.807, 2.05) is 26.0 Å². The molecule has 0 bridgehead atoms. The standard InChI is InChI=1S/C43H49N3O6S2.Na/c1-7-44(8-2)36-19-17-35(18-20-36)43(41-23-21-37(25-31(41)5)45(9-3)29-33-13-11-15-39(27-33)53(47,48)49)42-24-22-38(26-32(42)6)46(10-4)30-34-14-12-16-40(28-34)54(50,51)52;/h11-28H,7-10,29-30H2,1-6H3,(H-,47,48,49,50,51,52);/q;+1/p-1. The van der Waals surface area contributed by atoms with Gasteiger partial charge in [-0.15, -0.1) is 0 Å². The fraction of sp³-hybridized carbons (Fsp3) is 0.279. The van der Waals surface area contributed by atoms with E-state index in [4.69, 9.17) is 0 Å². The van der Waals surface area contributed by atoms with Gasteiger partial charge in [-0.25, -0.2) is 21.4 Å². The van der Waals surface area contributed by atoms with Crippen LogP contribution >= 0.6 is 0 Å². The van der Waals surface area contributed by atoms with Crippen LogP contribution in [0.4, 0.5) is 11.4 Å². The van der Waals surface area contributed by atoms with Crippen molar-refractivity contribution in [2.24, 2.45) is 0 Å². The quantitative estimate of drug-likeness (QED) is 0.103. The Balaban J connectivity index is 0.00000673. The van der Waals surface area contributed by atoms with E-state index in [0.717, 1.165) is 74.7 Å². The van der Waals surface area contributed by atoms with E-state index >= 15 is 0 Å². The summed E-state index contributed by atoms with van der Waals surface area (Å²) in [6.07, 6.45) is 6.38. The molecule has 0 saturated heterocycles. The summed E-state index contributed by atoms with van der Waals surface area (Å²) in [5.41, 5.74) is 11.0. The summed E-state index contributed by atoms with van der Waals surface area (Å²) in [6.45, 7) is 16.6. The van der Waals surface area contributed by atoms with Gasteiger partial charge in [0.25, 0.3) is 0 Å². The minimum absolute atomic E-state index is 0. The molecule has 0 radical (unpaired) electrons. The molecule has 0 unspecified atom stereocenters. The molecule has 9 nitrogen and oxygen atoms in total. The number of allylic oxidation sites excluding steroid dienone is 5. The Morgan fingerprint density at radius 2 is 1.24 bits per heavy atom. The Labute approximate surface area is 349 Å². The van der Waals surface area contributed by atoms with Gasteiger partial charge in [-0.05, 0) is 135 Å². The number of hydrogen-bond donors (Lipinski definition) is 0. The minimum Gasteiger partial charge on any atom is -0.744 e. The minimum atomic E-state index is -4.56. The van der Waals surface area contributed by atoms with Crippen LogP contribution in [0.15, 0.2) is 130 Å². The van der Waals surface area contributed by atoms with Gasteiger partial charge in [-0.2, -0.15) is 0 Å². The zero-order valence-electron chi connectivity index (χ0n) is 32.7. The van der Waals surface area contributed by atoms with Crippen molar-refractivity contribution in [1.82, 2.24) is 0 Å². The van der Waals surface area contributed by atoms with Crippen LogP contribution in [0.1, 0.15) is 62.4 Å². The molecule has 0 aromatic heterocycles. The van der Waals surface area contributed by atoms with Gasteiger partial charge in [0.1, 0.15) is 26.8 Å². The van der Waals surface area contributed by atoms with Gasteiger partial charge in [0, 0.05) is 55.3 Å². The van der Waals surface area contributed by atoms with Crippen molar-refractivity contribution in [3.05, 3.63) is 148 Å². The average molecular weight is 790 g/mol. The molecule has 5 rings (SSSR count). The van der Waals surface area contributed by atoms with Gasteiger partial charge in [-0.3, -0.25) is 0 Å². The molecule has 0 fully saturated rings. The first-order valence-corrected chi connectivity index (χ1v) is 21.0. The van der Waals surface area contributed by atoms with Crippen LogP contribution in [0.3, 0.4) is 0 Å². The molecular weight excluding hydrogens is 742 g/mol. The van der Waals surface area contributed by atoms with E-state index < -0.39 is 20.2 Å². The number of aryl methyl sites for hydroxylation is 1. The maximum Gasteiger partial charge on any atom is 1.00 e. The molecule has 0 spiro atoms. The monoisotopic (exact) mass is 789 g/mol. The Morgan fingerprint density at radius 3 is 1.76 bits per heavy atom. The van der Waals surface area contributed by atoms with Crippen molar-refractivity contribution in [3.63, 3.8) is 0 Å². The summed E-state index contributed by atoms with van der Waals surface area (Å²) in [7, 11) is -9.12. The van der Waals surface area contributed by atoms with Crippen LogP contribution in [0.5, 0.6) is 0 Å². The van der Waals surface area contributed by atoms with E-state index in [0.29, 0.717) is 26.2 Å². The fourth-order valence-electron chi connectivity index (χ4n) is 6.94. The predicted molar refractivity (Wildman–Crippen MR) is 215 cm³/mol. The van der Waals surface area contributed by atoms with Gasteiger partial charge in [-0.1, -0.05) is 42.5 Å². The van der Waals surface area contributed by atoms with Crippen molar-refractivity contribution in [1.29, 1.82) is 0 Å². The van der Waals surface area contributed by atoms with Crippen LogP contribution in [0.25, 0.3) is 5.57 Å². The zero-order chi connectivity index (χ0) is 39.2. The van der Waals surface area contributed by atoms with E-state index in [1.165, 1.54) is 24.3 Å². The molecule has 12 heteroatoms. The molecule has 0 saturated carbocycles. The summed E-state index contributed by atoms with van der Waals surface area (Å²) in [5.74, 6) is 0. The van der Waals surface area contributed by atoms with E-state index in [-0.39, 0.29) is 39.3 Å². The third-order valence-electron chi connectivity index (χ3n) is 9.86. The van der Waals surface area contributed by atoms with Gasteiger partial charge in [0.15, 0.2) is 12.3 Å². The first-order chi connectivity index (χ1) is 25.7. The number of rotatable bonds is 14. The van der Waals surface area contributed by atoms with Crippen molar-refractivity contribution in [2.45, 2.75) is 64.4 Å². The smallest absolute Gasteiger partial charge is 0.744 e. The fourth-order valence-corrected chi connectivity index (χ4v) is 8.03. The van der Waals surface area contributed by atoms with Crippen molar-refractivity contribution >= 4 is 42.9 Å². The molecule has 284 valence electrons. The van der Waals surface area contributed by atoms with E-state index in [9.17, 15) is 25.9 Å². The molecule has 55 heavy (non-hydrogen) atoms. The molecule has 0 aliphatic heterocycles. The zero-order valence-corrected chi connectivity index (χ0v) is 36.4. The van der Waals surface area contributed by atoms with Gasteiger partial charge in [0.2, 0.25) is 0 Å². The van der Waals surface area contributed by atoms with Crippen molar-refractivity contribution in [3.8, 4) is 0 Å². The summed E-state index contributed by atoms with van der Waals surface area (Å²) in [6, 6.07) is 27.4. The van der Waals surface area contributed by atoms with Gasteiger partial charge in [0.05, 0.1) is 9.79 Å². The summed E-state index contributed by atoms with van der Waals surface area (Å²) in [4.78, 5) is 3.99. The summed E-state index contributed by atoms with van der Waals surface area (Å²) < 4.78 is 72.2. The largest absolute Gasteiger partial charge is 1.00 e. The number of nitrogens with zero attached hydrogens (tertiary/aromatic N) is 3. The van der Waals surface area contributed by atoms with Crippen LogP contribution < -0.4 is 39.4 Å². The number of benzene rings is 4. The average Bonchev–Trinajstić information content (AvgIpc) is 3.14. The second-order valence-electron chi connectivity index (χ2n) is 13.3. The number of hydrogen-bond acceptors (Lipinski definition) is 8. The van der Waals surface area contributed by atoms with Gasteiger partial charge >= 0.3 is 29.6 Å². The maximum atomic E-state index is 11.7. The molecule has 1 aliphatic carbocycles. The first kappa shape index (κ1) is 43.9. The van der Waals surface area contributed by atoms with E-state index in [1.54, 1.807) is 12.1 Å². The normalized spacial score (nSPS) is 14.9. The number of anilines is 2. The van der Waals surface area contributed by atoms with Crippen LogP contribution in [-0.4, -0.2) is 62.4 Å². The topological polar surface area (TPSA) is 124 Å². The SMILES string of the molecule is CCN(CC)c1ccc(/C(=C2C=C/C(=[N+](\CC)Cc3cccc(S(=O)(=O)[O-])c3)C=C/2C)c2ccc(N(CC)Cc3cccc(S(=O)(=O)[O-])c3)cc2C)cc1.[Na+]. The van der Waals surface area contributed by atoms with Crippen LogP contribution in [0.2, 0.25) is 0 Å². The molecule has 0 atom stereocenters. The maximum absolute atomic E-state index is 11.7. The Kier molecular flexibility index (Phi) is 15.1. The summed E-state index contributed by atoms with van der Waals surface area (Å²) in [5, 5.41) is 0. The molecular formula is C43H48N3NaO6S2. The van der Waals surface area contributed by atoms with Gasteiger partial charge < -0.3 is 18.9 Å². The molecule has 4 aromatic rings. The predicted octanol–water partition coefficient (Wildman–Crippen LogP) is 4.67.